The average molecular weight is 357 g/mol. The summed E-state index contributed by atoms with van der Waals surface area (Å²) in [5.74, 6) is 7.47. The van der Waals surface area contributed by atoms with Crippen LogP contribution in [0.3, 0.4) is 0 Å². The topological polar surface area (TPSA) is 87.3 Å². The number of ether oxygens (including phenoxy) is 4. The minimum atomic E-state index is -0.336. The number of rotatable bonds is 7. The first kappa shape index (κ1) is 18.2. The SMILES string of the molecule is COc1cc(C(NN)C2=NC(c3ccccc3)OC2)cc(OC)c1OC. The van der Waals surface area contributed by atoms with Crippen LogP contribution in [0.25, 0.3) is 0 Å². The number of nitrogens with two attached hydrogens (primary N) is 1. The van der Waals surface area contributed by atoms with E-state index in [4.69, 9.17) is 29.8 Å². The second-order valence-corrected chi connectivity index (χ2v) is 5.75. The Balaban J connectivity index is 1.94. The fraction of sp³-hybridized carbons (Fsp3) is 0.316. The van der Waals surface area contributed by atoms with Gasteiger partial charge in [0.05, 0.1) is 39.7 Å². The third kappa shape index (κ3) is 3.50. The van der Waals surface area contributed by atoms with E-state index in [1.165, 1.54) is 0 Å². The number of aliphatic imine (C=N–C) groups is 1. The van der Waals surface area contributed by atoms with Crippen molar-refractivity contribution in [3.63, 3.8) is 0 Å². The molecule has 1 aliphatic rings. The summed E-state index contributed by atoms with van der Waals surface area (Å²) in [6, 6.07) is 13.2. The highest BCUT2D eigenvalue weighted by molar-refractivity contribution is 5.93. The zero-order chi connectivity index (χ0) is 18.5. The van der Waals surface area contributed by atoms with Gasteiger partial charge in [-0.3, -0.25) is 10.8 Å². The molecule has 2 unspecified atom stereocenters. The normalized spacial score (nSPS) is 17.5. The predicted octanol–water partition coefficient (Wildman–Crippen LogP) is 2.39. The summed E-state index contributed by atoms with van der Waals surface area (Å²) in [5, 5.41) is 0. The second-order valence-electron chi connectivity index (χ2n) is 5.75. The lowest BCUT2D eigenvalue weighted by Crippen LogP contribution is -2.34. The molecule has 0 aromatic heterocycles. The molecule has 2 atom stereocenters. The molecule has 7 nitrogen and oxygen atoms in total. The van der Waals surface area contributed by atoms with Crippen molar-refractivity contribution in [3.8, 4) is 17.2 Å². The largest absolute Gasteiger partial charge is 0.493 e. The van der Waals surface area contributed by atoms with Crippen LogP contribution in [0, 0.1) is 0 Å². The summed E-state index contributed by atoms with van der Waals surface area (Å²) in [5.41, 5.74) is 5.46. The molecule has 1 heterocycles. The third-order valence-corrected chi connectivity index (χ3v) is 4.28. The summed E-state index contributed by atoms with van der Waals surface area (Å²) >= 11 is 0. The summed E-state index contributed by atoms with van der Waals surface area (Å²) in [6.07, 6.45) is -0.330. The maximum atomic E-state index is 5.83. The zero-order valence-electron chi connectivity index (χ0n) is 15.1. The molecule has 0 amide bonds. The molecule has 7 heteroatoms. The minimum absolute atomic E-state index is 0.330. The molecule has 0 saturated carbocycles. The highest BCUT2D eigenvalue weighted by Crippen LogP contribution is 2.40. The molecule has 0 radical (unpaired) electrons. The van der Waals surface area contributed by atoms with Gasteiger partial charge in [0.15, 0.2) is 17.7 Å². The number of nitrogens with zero attached hydrogens (tertiary/aromatic N) is 1. The molecule has 2 aromatic carbocycles. The van der Waals surface area contributed by atoms with Crippen LogP contribution in [0.15, 0.2) is 47.5 Å². The summed E-state index contributed by atoms with van der Waals surface area (Å²) in [6.45, 7) is 0.380. The first-order valence-electron chi connectivity index (χ1n) is 8.21. The Kier molecular flexibility index (Phi) is 5.72. The van der Waals surface area contributed by atoms with Crippen molar-refractivity contribution in [1.82, 2.24) is 5.43 Å². The van der Waals surface area contributed by atoms with Crippen LogP contribution in [-0.2, 0) is 4.74 Å². The number of hydrogen-bond acceptors (Lipinski definition) is 7. The molecule has 3 N–H and O–H groups in total. The highest BCUT2D eigenvalue weighted by Gasteiger charge is 2.28. The van der Waals surface area contributed by atoms with E-state index in [0.29, 0.717) is 23.9 Å². The molecule has 1 aliphatic heterocycles. The van der Waals surface area contributed by atoms with E-state index in [1.54, 1.807) is 21.3 Å². The third-order valence-electron chi connectivity index (χ3n) is 4.28. The summed E-state index contributed by atoms with van der Waals surface area (Å²) in [7, 11) is 4.72. The van der Waals surface area contributed by atoms with Crippen LogP contribution >= 0.6 is 0 Å². The molecule has 0 spiro atoms. The Labute approximate surface area is 152 Å². The van der Waals surface area contributed by atoms with E-state index in [2.05, 4.69) is 5.43 Å². The molecule has 0 saturated heterocycles. The monoisotopic (exact) mass is 357 g/mol. The van der Waals surface area contributed by atoms with E-state index < -0.39 is 0 Å². The fourth-order valence-corrected chi connectivity index (χ4v) is 2.99. The van der Waals surface area contributed by atoms with Gasteiger partial charge < -0.3 is 18.9 Å². The lowest BCUT2D eigenvalue weighted by Gasteiger charge is -2.19. The van der Waals surface area contributed by atoms with Crippen LogP contribution < -0.4 is 25.5 Å². The number of hydrogen-bond donors (Lipinski definition) is 2. The minimum Gasteiger partial charge on any atom is -0.493 e. The Morgan fingerprint density at radius 1 is 1.08 bits per heavy atom. The number of methoxy groups -OCH3 is 3. The number of hydrazine groups is 1. The summed E-state index contributed by atoms with van der Waals surface area (Å²) < 4.78 is 22.0. The highest BCUT2D eigenvalue weighted by atomic mass is 16.5. The van der Waals surface area contributed by atoms with Crippen molar-refractivity contribution in [2.75, 3.05) is 27.9 Å². The van der Waals surface area contributed by atoms with Gasteiger partial charge in [-0.25, -0.2) is 5.43 Å². The molecular formula is C19H23N3O4. The Bertz CT molecular complexity index is 755. The molecule has 138 valence electrons. The van der Waals surface area contributed by atoms with Crippen molar-refractivity contribution < 1.29 is 18.9 Å². The zero-order valence-corrected chi connectivity index (χ0v) is 15.1. The van der Waals surface area contributed by atoms with Crippen molar-refractivity contribution >= 4 is 5.71 Å². The predicted molar refractivity (Wildman–Crippen MR) is 98.7 cm³/mol. The Morgan fingerprint density at radius 3 is 2.27 bits per heavy atom. The standard InChI is InChI=1S/C19H23N3O4/c1-23-15-9-13(10-16(24-2)18(15)25-3)17(22-20)14-11-26-19(21-14)12-7-5-4-6-8-12/h4-10,17,19,22H,11,20H2,1-3H3. The maximum Gasteiger partial charge on any atom is 0.203 e. The average Bonchev–Trinajstić information content (AvgIpc) is 3.18. The van der Waals surface area contributed by atoms with Crippen molar-refractivity contribution in [1.29, 1.82) is 0 Å². The second kappa shape index (κ2) is 8.18. The van der Waals surface area contributed by atoms with Gasteiger partial charge in [-0.05, 0) is 17.7 Å². The molecule has 0 bridgehead atoms. The van der Waals surface area contributed by atoms with Gasteiger partial charge in [0.1, 0.15) is 0 Å². The number of nitrogens with one attached hydrogen (secondary N) is 1. The van der Waals surface area contributed by atoms with Crippen LogP contribution in [-0.4, -0.2) is 33.6 Å². The van der Waals surface area contributed by atoms with Crippen LogP contribution in [0.4, 0.5) is 0 Å². The van der Waals surface area contributed by atoms with Gasteiger partial charge in [0, 0.05) is 5.56 Å². The van der Waals surface area contributed by atoms with Gasteiger partial charge in [0.2, 0.25) is 5.75 Å². The van der Waals surface area contributed by atoms with E-state index >= 15 is 0 Å². The molecular weight excluding hydrogens is 334 g/mol. The first-order chi connectivity index (χ1) is 12.7. The molecule has 26 heavy (non-hydrogen) atoms. The van der Waals surface area contributed by atoms with Gasteiger partial charge in [-0.15, -0.1) is 0 Å². The van der Waals surface area contributed by atoms with E-state index in [1.807, 2.05) is 42.5 Å². The Morgan fingerprint density at radius 2 is 1.73 bits per heavy atom. The summed E-state index contributed by atoms with van der Waals surface area (Å²) in [4.78, 5) is 4.70. The van der Waals surface area contributed by atoms with E-state index in [0.717, 1.165) is 16.8 Å². The van der Waals surface area contributed by atoms with E-state index in [-0.39, 0.29) is 12.3 Å². The van der Waals surface area contributed by atoms with Gasteiger partial charge in [-0.1, -0.05) is 30.3 Å². The number of benzene rings is 2. The molecule has 0 aliphatic carbocycles. The van der Waals surface area contributed by atoms with Crippen molar-refractivity contribution in [2.45, 2.75) is 12.3 Å². The molecule has 3 rings (SSSR count). The first-order valence-corrected chi connectivity index (χ1v) is 8.21. The Hall–Kier alpha value is -2.61. The lowest BCUT2D eigenvalue weighted by atomic mass is 10.0. The quantitative estimate of drug-likeness (QED) is 0.584. The van der Waals surface area contributed by atoms with Crippen molar-refractivity contribution in [3.05, 3.63) is 53.6 Å². The van der Waals surface area contributed by atoms with Gasteiger partial charge >= 0.3 is 0 Å². The van der Waals surface area contributed by atoms with Crippen molar-refractivity contribution in [2.24, 2.45) is 10.8 Å². The fourth-order valence-electron chi connectivity index (χ4n) is 2.99. The van der Waals surface area contributed by atoms with E-state index in [9.17, 15) is 0 Å². The molecule has 0 fully saturated rings. The van der Waals surface area contributed by atoms with Crippen LogP contribution in [0.1, 0.15) is 23.4 Å². The van der Waals surface area contributed by atoms with Crippen LogP contribution in [0.2, 0.25) is 0 Å². The lowest BCUT2D eigenvalue weighted by molar-refractivity contribution is 0.109. The van der Waals surface area contributed by atoms with Gasteiger partial charge in [0.25, 0.3) is 0 Å². The molecule has 2 aromatic rings. The smallest absolute Gasteiger partial charge is 0.203 e. The van der Waals surface area contributed by atoms with Crippen LogP contribution in [0.5, 0.6) is 17.2 Å². The maximum absolute atomic E-state index is 5.83. The van der Waals surface area contributed by atoms with Gasteiger partial charge in [-0.2, -0.15) is 0 Å².